The molecule has 10 nitrogen and oxygen atoms in total. The van der Waals surface area contributed by atoms with Crippen LogP contribution in [0.3, 0.4) is 0 Å². The van der Waals surface area contributed by atoms with Crippen LogP contribution in [0.5, 0.6) is 0 Å². The Bertz CT molecular complexity index is 1150. The van der Waals surface area contributed by atoms with Crippen molar-refractivity contribution in [3.63, 3.8) is 0 Å². The van der Waals surface area contributed by atoms with Gasteiger partial charge >= 0.3 is 0 Å². The van der Waals surface area contributed by atoms with E-state index in [2.05, 4.69) is 20.5 Å². The fraction of sp³-hybridized carbons (Fsp3) is 0.0526. The summed E-state index contributed by atoms with van der Waals surface area (Å²) in [5.41, 5.74) is 1.72. The molecule has 144 valence electrons. The zero-order valence-electron chi connectivity index (χ0n) is 15.0. The maximum absolute atomic E-state index is 12.4. The van der Waals surface area contributed by atoms with E-state index >= 15 is 0 Å². The van der Waals surface area contributed by atoms with Gasteiger partial charge in [-0.1, -0.05) is 0 Å². The van der Waals surface area contributed by atoms with Gasteiger partial charge in [-0.3, -0.25) is 14.9 Å². The van der Waals surface area contributed by atoms with Crippen LogP contribution in [0.4, 0.5) is 5.69 Å². The van der Waals surface area contributed by atoms with Gasteiger partial charge in [0, 0.05) is 43.5 Å². The predicted octanol–water partition coefficient (Wildman–Crippen LogP) is 2.29. The first-order valence-electron chi connectivity index (χ1n) is 8.64. The second-order valence-electron chi connectivity index (χ2n) is 6.07. The first-order valence-corrected chi connectivity index (χ1v) is 8.64. The van der Waals surface area contributed by atoms with Crippen molar-refractivity contribution in [3.05, 3.63) is 94.7 Å². The molecule has 1 N–H and O–H groups in total. The first-order chi connectivity index (χ1) is 14.1. The molecule has 4 rings (SSSR count). The third-order valence-corrected chi connectivity index (χ3v) is 4.15. The fourth-order valence-corrected chi connectivity index (χ4v) is 2.69. The van der Waals surface area contributed by atoms with Gasteiger partial charge in [-0.05, 0) is 42.0 Å². The average molecular weight is 389 g/mol. The van der Waals surface area contributed by atoms with Gasteiger partial charge in [-0.15, -0.1) is 0 Å². The Morgan fingerprint density at radius 3 is 2.62 bits per heavy atom. The molecule has 3 aromatic heterocycles. The third kappa shape index (κ3) is 4.00. The standard InChI is InChI=1S/C19H15N7O3/c27-19(21-13-14-6-9-20-18(12-14)25-10-1-8-22-25)17-7-11-24(23-17)15-2-4-16(5-3-15)26(28)29/h1-12H,13H2,(H,21,27). The third-order valence-electron chi connectivity index (χ3n) is 4.15. The highest BCUT2D eigenvalue weighted by Gasteiger charge is 2.11. The van der Waals surface area contributed by atoms with E-state index in [0.29, 0.717) is 18.1 Å². The summed E-state index contributed by atoms with van der Waals surface area (Å²) in [7, 11) is 0. The Labute approximate surface area is 164 Å². The number of pyridine rings is 1. The van der Waals surface area contributed by atoms with E-state index in [0.717, 1.165) is 5.56 Å². The smallest absolute Gasteiger partial charge is 0.272 e. The van der Waals surface area contributed by atoms with Crippen LogP contribution in [0.25, 0.3) is 11.5 Å². The lowest BCUT2D eigenvalue weighted by atomic mass is 10.2. The number of nitro benzene ring substituents is 1. The molecule has 0 bridgehead atoms. The summed E-state index contributed by atoms with van der Waals surface area (Å²) < 4.78 is 3.12. The minimum Gasteiger partial charge on any atom is -0.347 e. The van der Waals surface area contributed by atoms with Crippen LogP contribution in [-0.2, 0) is 6.54 Å². The maximum atomic E-state index is 12.4. The highest BCUT2D eigenvalue weighted by atomic mass is 16.6. The Balaban J connectivity index is 1.42. The molecule has 0 aliphatic carbocycles. The van der Waals surface area contributed by atoms with Crippen LogP contribution in [0, 0.1) is 10.1 Å². The molecular weight excluding hydrogens is 374 g/mol. The molecule has 0 unspecified atom stereocenters. The minimum atomic E-state index is -0.470. The van der Waals surface area contributed by atoms with Gasteiger partial charge in [0.15, 0.2) is 11.5 Å². The molecule has 10 heteroatoms. The second-order valence-corrected chi connectivity index (χ2v) is 6.07. The molecule has 0 atom stereocenters. The molecule has 0 fully saturated rings. The van der Waals surface area contributed by atoms with Crippen molar-refractivity contribution in [2.45, 2.75) is 6.54 Å². The Morgan fingerprint density at radius 2 is 1.90 bits per heavy atom. The minimum absolute atomic E-state index is 0.00861. The molecular formula is C19H15N7O3. The molecule has 3 heterocycles. The fourth-order valence-electron chi connectivity index (χ4n) is 2.69. The lowest BCUT2D eigenvalue weighted by Crippen LogP contribution is -2.23. The summed E-state index contributed by atoms with van der Waals surface area (Å²) in [4.78, 5) is 26.9. The van der Waals surface area contributed by atoms with Crippen LogP contribution in [0.15, 0.2) is 73.3 Å². The first kappa shape index (κ1) is 18.0. The van der Waals surface area contributed by atoms with Gasteiger partial charge in [-0.25, -0.2) is 14.3 Å². The molecule has 0 spiro atoms. The molecule has 0 saturated heterocycles. The maximum Gasteiger partial charge on any atom is 0.272 e. The van der Waals surface area contributed by atoms with Gasteiger partial charge in [0.05, 0.1) is 10.6 Å². The van der Waals surface area contributed by atoms with Crippen molar-refractivity contribution in [3.8, 4) is 11.5 Å². The van der Waals surface area contributed by atoms with Crippen molar-refractivity contribution < 1.29 is 9.72 Å². The zero-order valence-corrected chi connectivity index (χ0v) is 15.0. The SMILES string of the molecule is O=C(NCc1ccnc(-n2cccn2)c1)c1ccn(-c2ccc([N+](=O)[O-])cc2)n1. The van der Waals surface area contributed by atoms with Crippen LogP contribution in [0.1, 0.15) is 16.1 Å². The number of non-ortho nitro benzene ring substituents is 1. The normalized spacial score (nSPS) is 10.6. The van der Waals surface area contributed by atoms with Gasteiger partial charge in [0.1, 0.15) is 0 Å². The summed E-state index contributed by atoms with van der Waals surface area (Å²) in [5.74, 6) is 0.326. The number of rotatable bonds is 6. The molecule has 0 aliphatic heterocycles. The van der Waals surface area contributed by atoms with Crippen molar-refractivity contribution >= 4 is 11.6 Å². The summed E-state index contributed by atoms with van der Waals surface area (Å²) in [6.45, 7) is 0.306. The van der Waals surface area contributed by atoms with Crippen LogP contribution < -0.4 is 5.32 Å². The monoisotopic (exact) mass is 389 g/mol. The van der Waals surface area contributed by atoms with Crippen LogP contribution in [-0.4, -0.2) is 35.4 Å². The number of carbonyl (C=O) groups is 1. The molecule has 0 radical (unpaired) electrons. The van der Waals surface area contributed by atoms with E-state index in [-0.39, 0.29) is 17.3 Å². The summed E-state index contributed by atoms with van der Waals surface area (Å²) in [6, 6.07) is 12.9. The van der Waals surface area contributed by atoms with E-state index in [9.17, 15) is 14.9 Å². The summed E-state index contributed by atoms with van der Waals surface area (Å²) in [5, 5.41) is 21.9. The molecule has 29 heavy (non-hydrogen) atoms. The van der Waals surface area contributed by atoms with Crippen molar-refractivity contribution in [1.82, 2.24) is 29.9 Å². The lowest BCUT2D eigenvalue weighted by Gasteiger charge is -2.06. The molecule has 0 saturated carbocycles. The summed E-state index contributed by atoms with van der Waals surface area (Å²) >= 11 is 0. The van der Waals surface area contributed by atoms with Gasteiger partial charge in [-0.2, -0.15) is 10.2 Å². The number of amides is 1. The van der Waals surface area contributed by atoms with E-state index in [1.165, 1.54) is 16.8 Å². The van der Waals surface area contributed by atoms with Crippen molar-refractivity contribution in [1.29, 1.82) is 0 Å². The van der Waals surface area contributed by atoms with E-state index in [1.807, 2.05) is 12.1 Å². The van der Waals surface area contributed by atoms with Crippen molar-refractivity contribution in [2.24, 2.45) is 0 Å². The van der Waals surface area contributed by atoms with Crippen molar-refractivity contribution in [2.75, 3.05) is 0 Å². The quantitative estimate of drug-likeness (QED) is 0.399. The number of nitrogens with one attached hydrogen (secondary N) is 1. The average Bonchev–Trinajstić information content (AvgIpc) is 3.44. The number of hydrogen-bond acceptors (Lipinski definition) is 6. The molecule has 4 aromatic rings. The number of nitrogens with zero attached hydrogens (tertiary/aromatic N) is 6. The predicted molar refractivity (Wildman–Crippen MR) is 103 cm³/mol. The van der Waals surface area contributed by atoms with Gasteiger partial charge < -0.3 is 5.32 Å². The van der Waals surface area contributed by atoms with E-state index in [1.54, 1.807) is 53.7 Å². The van der Waals surface area contributed by atoms with E-state index < -0.39 is 4.92 Å². The number of aromatic nitrogens is 5. The Kier molecular flexibility index (Phi) is 4.81. The van der Waals surface area contributed by atoms with Gasteiger partial charge in [0.25, 0.3) is 11.6 Å². The highest BCUT2D eigenvalue weighted by Crippen LogP contribution is 2.15. The zero-order chi connectivity index (χ0) is 20.2. The second kappa shape index (κ2) is 7.72. The topological polar surface area (TPSA) is 121 Å². The molecule has 0 aliphatic rings. The number of carbonyl (C=O) groups excluding carboxylic acids is 1. The molecule has 1 aromatic carbocycles. The van der Waals surface area contributed by atoms with Crippen LogP contribution in [0.2, 0.25) is 0 Å². The Hall–Kier alpha value is -4.34. The lowest BCUT2D eigenvalue weighted by molar-refractivity contribution is -0.384. The molecule has 1 amide bonds. The number of hydrogen-bond donors (Lipinski definition) is 1. The highest BCUT2D eigenvalue weighted by molar-refractivity contribution is 5.92. The van der Waals surface area contributed by atoms with Crippen LogP contribution >= 0.6 is 0 Å². The van der Waals surface area contributed by atoms with Gasteiger partial charge in [0.2, 0.25) is 0 Å². The largest absolute Gasteiger partial charge is 0.347 e. The number of benzene rings is 1. The number of nitro groups is 1. The van der Waals surface area contributed by atoms with E-state index in [4.69, 9.17) is 0 Å². The summed E-state index contributed by atoms with van der Waals surface area (Å²) in [6.07, 6.45) is 6.73. The Morgan fingerprint density at radius 1 is 1.07 bits per heavy atom.